The molecule has 0 saturated carbocycles. The Labute approximate surface area is 95.6 Å². The lowest BCUT2D eigenvalue weighted by Gasteiger charge is -2.20. The van der Waals surface area contributed by atoms with Crippen LogP contribution in [0.1, 0.15) is 13.3 Å². The number of amides is 1. The monoisotopic (exact) mass is 232 g/mol. The van der Waals surface area contributed by atoms with Crippen molar-refractivity contribution in [2.24, 2.45) is 0 Å². The van der Waals surface area contributed by atoms with Gasteiger partial charge in [-0.3, -0.25) is 4.79 Å². The summed E-state index contributed by atoms with van der Waals surface area (Å²) < 4.78 is 4.43. The molecule has 1 atom stereocenters. The molecule has 0 aliphatic rings. The first kappa shape index (κ1) is 14.9. The van der Waals surface area contributed by atoms with Gasteiger partial charge in [0.05, 0.1) is 7.11 Å². The summed E-state index contributed by atoms with van der Waals surface area (Å²) in [6, 6.07) is 0. The molecule has 0 bridgehead atoms. The molecule has 0 aromatic carbocycles. The van der Waals surface area contributed by atoms with Crippen molar-refractivity contribution in [1.29, 1.82) is 0 Å². The summed E-state index contributed by atoms with van der Waals surface area (Å²) >= 11 is 0. The summed E-state index contributed by atoms with van der Waals surface area (Å²) in [6.07, 6.45) is 0.324. The number of methoxy groups -OCH3 is 1. The number of carbonyl (C=O) groups excluding carboxylic acids is 2. The molecule has 0 aliphatic carbocycles. The zero-order valence-electron chi connectivity index (χ0n) is 10.2. The maximum atomic E-state index is 11.2. The predicted molar refractivity (Wildman–Crippen MR) is 58.8 cm³/mol. The number of carbonyl (C=O) groups is 2. The van der Waals surface area contributed by atoms with Gasteiger partial charge in [-0.05, 0) is 6.92 Å². The summed E-state index contributed by atoms with van der Waals surface area (Å²) in [7, 11) is 4.56. The molecule has 94 valence electrons. The third-order valence-electron chi connectivity index (χ3n) is 2.11. The van der Waals surface area contributed by atoms with Crippen LogP contribution in [-0.2, 0) is 14.3 Å². The van der Waals surface area contributed by atoms with Crippen LogP contribution in [-0.4, -0.2) is 61.8 Å². The molecule has 6 nitrogen and oxygen atoms in total. The van der Waals surface area contributed by atoms with Crippen molar-refractivity contribution >= 4 is 11.9 Å². The topological polar surface area (TPSA) is 78.9 Å². The Balaban J connectivity index is 3.82. The molecule has 0 heterocycles. The number of nitrogens with one attached hydrogen (secondary N) is 1. The second-order valence-corrected chi connectivity index (χ2v) is 3.98. The lowest BCUT2D eigenvalue weighted by atomic mass is 10.1. The van der Waals surface area contributed by atoms with Crippen molar-refractivity contribution in [2.75, 3.05) is 34.3 Å². The van der Waals surface area contributed by atoms with Gasteiger partial charge in [0, 0.05) is 33.6 Å². The normalized spacial score (nSPS) is 14.1. The van der Waals surface area contributed by atoms with Crippen LogP contribution < -0.4 is 5.32 Å². The Morgan fingerprint density at radius 3 is 2.44 bits per heavy atom. The van der Waals surface area contributed by atoms with E-state index in [1.165, 1.54) is 18.9 Å². The van der Waals surface area contributed by atoms with Crippen molar-refractivity contribution < 1.29 is 19.4 Å². The minimum absolute atomic E-state index is 0.00906. The fourth-order valence-corrected chi connectivity index (χ4v) is 1.04. The third-order valence-corrected chi connectivity index (χ3v) is 2.11. The first-order valence-corrected chi connectivity index (χ1v) is 5.03. The van der Waals surface area contributed by atoms with Gasteiger partial charge < -0.3 is 20.1 Å². The van der Waals surface area contributed by atoms with E-state index in [0.29, 0.717) is 13.0 Å². The fourth-order valence-electron chi connectivity index (χ4n) is 1.04. The number of aliphatic hydroxyl groups is 1. The van der Waals surface area contributed by atoms with E-state index in [0.717, 1.165) is 0 Å². The van der Waals surface area contributed by atoms with Crippen molar-refractivity contribution in [2.45, 2.75) is 18.9 Å². The highest BCUT2D eigenvalue weighted by Gasteiger charge is 2.30. The highest BCUT2D eigenvalue weighted by Crippen LogP contribution is 2.03. The lowest BCUT2D eigenvalue weighted by molar-refractivity contribution is -0.159. The van der Waals surface area contributed by atoms with Crippen LogP contribution >= 0.6 is 0 Å². The number of rotatable bonds is 6. The molecule has 1 amide bonds. The SMILES string of the molecule is COC(=O)C(C)(O)CNCCC(=O)N(C)C. The van der Waals surface area contributed by atoms with Gasteiger partial charge in [-0.2, -0.15) is 0 Å². The fraction of sp³-hybridized carbons (Fsp3) is 0.800. The molecule has 0 aromatic heterocycles. The van der Waals surface area contributed by atoms with Crippen LogP contribution in [0.25, 0.3) is 0 Å². The van der Waals surface area contributed by atoms with E-state index in [-0.39, 0.29) is 12.5 Å². The molecule has 0 saturated heterocycles. The third kappa shape index (κ3) is 5.09. The minimum Gasteiger partial charge on any atom is -0.467 e. The van der Waals surface area contributed by atoms with Crippen molar-refractivity contribution in [3.05, 3.63) is 0 Å². The number of ether oxygens (including phenoxy) is 1. The molecule has 0 aliphatic heterocycles. The second-order valence-electron chi connectivity index (χ2n) is 3.98. The van der Waals surface area contributed by atoms with Crippen LogP contribution in [0.5, 0.6) is 0 Å². The van der Waals surface area contributed by atoms with Gasteiger partial charge in [0.15, 0.2) is 5.60 Å². The maximum Gasteiger partial charge on any atom is 0.338 e. The Kier molecular flexibility index (Phi) is 5.98. The summed E-state index contributed by atoms with van der Waals surface area (Å²) in [6.45, 7) is 1.82. The zero-order valence-corrected chi connectivity index (χ0v) is 10.2. The molecule has 2 N–H and O–H groups in total. The van der Waals surface area contributed by atoms with Gasteiger partial charge in [-0.1, -0.05) is 0 Å². The van der Waals surface area contributed by atoms with Gasteiger partial charge in [-0.25, -0.2) is 4.79 Å². The number of esters is 1. The summed E-state index contributed by atoms with van der Waals surface area (Å²) in [4.78, 5) is 23.8. The van der Waals surface area contributed by atoms with E-state index in [1.807, 2.05) is 0 Å². The van der Waals surface area contributed by atoms with Crippen LogP contribution in [0.15, 0.2) is 0 Å². The van der Waals surface area contributed by atoms with Gasteiger partial charge in [0.2, 0.25) is 5.91 Å². The van der Waals surface area contributed by atoms with E-state index in [2.05, 4.69) is 10.1 Å². The Morgan fingerprint density at radius 1 is 1.44 bits per heavy atom. The van der Waals surface area contributed by atoms with Crippen molar-refractivity contribution in [1.82, 2.24) is 10.2 Å². The van der Waals surface area contributed by atoms with Crippen molar-refractivity contribution in [3.8, 4) is 0 Å². The van der Waals surface area contributed by atoms with E-state index < -0.39 is 11.6 Å². The molecular formula is C10H20N2O4. The maximum absolute atomic E-state index is 11.2. The lowest BCUT2D eigenvalue weighted by Crippen LogP contribution is -2.46. The first-order chi connectivity index (χ1) is 7.31. The van der Waals surface area contributed by atoms with E-state index in [1.54, 1.807) is 14.1 Å². The zero-order chi connectivity index (χ0) is 12.8. The van der Waals surface area contributed by atoms with E-state index in [9.17, 15) is 14.7 Å². The molecule has 0 spiro atoms. The Hall–Kier alpha value is -1.14. The molecule has 0 aromatic rings. The molecule has 16 heavy (non-hydrogen) atoms. The largest absolute Gasteiger partial charge is 0.467 e. The van der Waals surface area contributed by atoms with Crippen LogP contribution in [0, 0.1) is 0 Å². The van der Waals surface area contributed by atoms with E-state index in [4.69, 9.17) is 0 Å². The number of hydrogen-bond donors (Lipinski definition) is 2. The van der Waals surface area contributed by atoms with Crippen molar-refractivity contribution in [3.63, 3.8) is 0 Å². The smallest absolute Gasteiger partial charge is 0.338 e. The van der Waals surface area contributed by atoms with Crippen LogP contribution in [0.4, 0.5) is 0 Å². The molecule has 0 radical (unpaired) electrons. The summed E-state index contributed by atoms with van der Waals surface area (Å²) in [5, 5.41) is 12.5. The molecule has 0 fully saturated rings. The second kappa shape index (κ2) is 6.44. The highest BCUT2D eigenvalue weighted by molar-refractivity contribution is 5.79. The quantitative estimate of drug-likeness (QED) is 0.452. The van der Waals surface area contributed by atoms with Gasteiger partial charge in [0.25, 0.3) is 0 Å². The molecule has 0 rings (SSSR count). The Morgan fingerprint density at radius 2 is 2.00 bits per heavy atom. The summed E-state index contributed by atoms with van der Waals surface area (Å²) in [5.41, 5.74) is -1.56. The van der Waals surface area contributed by atoms with Crippen LogP contribution in [0.3, 0.4) is 0 Å². The predicted octanol–water partition coefficient (Wildman–Crippen LogP) is -1.02. The van der Waals surface area contributed by atoms with Gasteiger partial charge in [0.1, 0.15) is 0 Å². The number of nitrogens with zero attached hydrogens (tertiary/aromatic N) is 1. The molecule has 6 heteroatoms. The number of hydrogen-bond acceptors (Lipinski definition) is 5. The molecular weight excluding hydrogens is 212 g/mol. The Bertz CT molecular complexity index is 251. The summed E-state index contributed by atoms with van der Waals surface area (Å²) in [5.74, 6) is -0.704. The van der Waals surface area contributed by atoms with Gasteiger partial charge in [-0.15, -0.1) is 0 Å². The van der Waals surface area contributed by atoms with E-state index >= 15 is 0 Å². The first-order valence-electron chi connectivity index (χ1n) is 5.03. The molecule has 1 unspecified atom stereocenters. The standard InChI is InChI=1S/C10H20N2O4/c1-10(15,9(14)16-4)7-11-6-5-8(13)12(2)3/h11,15H,5-7H2,1-4H3. The average Bonchev–Trinajstić information content (AvgIpc) is 2.22. The highest BCUT2D eigenvalue weighted by atomic mass is 16.5. The minimum atomic E-state index is -1.56. The van der Waals surface area contributed by atoms with Crippen LogP contribution in [0.2, 0.25) is 0 Å². The average molecular weight is 232 g/mol. The van der Waals surface area contributed by atoms with Gasteiger partial charge >= 0.3 is 5.97 Å².